The molecule has 2 N–H and O–H groups in total. The second-order valence-corrected chi connectivity index (χ2v) is 8.13. The number of hydrogen-bond acceptors (Lipinski definition) is 5. The first-order chi connectivity index (χ1) is 12.4. The summed E-state index contributed by atoms with van der Waals surface area (Å²) in [5, 5.41) is -0.759. The third kappa shape index (κ3) is 6.40. The van der Waals surface area contributed by atoms with Gasteiger partial charge in [-0.15, -0.1) is 0 Å². The predicted octanol–water partition coefficient (Wildman–Crippen LogP) is 2.50. The number of carbonyl (C=O) groups excluding carboxylic acids is 1. The van der Waals surface area contributed by atoms with Crippen LogP contribution < -0.4 is 15.2 Å². The molecular weight excluding hydrogens is 354 g/mol. The van der Waals surface area contributed by atoms with Crippen LogP contribution in [0.25, 0.3) is 0 Å². The summed E-state index contributed by atoms with van der Waals surface area (Å²) in [7, 11) is -3.35. The van der Waals surface area contributed by atoms with E-state index in [1.165, 1.54) is 0 Å². The van der Waals surface area contributed by atoms with Gasteiger partial charge in [-0.2, -0.15) is 0 Å². The fourth-order valence-corrected chi connectivity index (χ4v) is 3.71. The number of sulfone groups is 1. The Labute approximate surface area is 153 Å². The van der Waals surface area contributed by atoms with Gasteiger partial charge in [0.05, 0.1) is 5.25 Å². The van der Waals surface area contributed by atoms with Crippen molar-refractivity contribution in [2.45, 2.75) is 18.1 Å². The first-order valence-corrected chi connectivity index (χ1v) is 10.2. The van der Waals surface area contributed by atoms with Crippen molar-refractivity contribution in [3.63, 3.8) is 0 Å². The van der Waals surface area contributed by atoms with Gasteiger partial charge in [-0.3, -0.25) is 4.79 Å². The highest BCUT2D eigenvalue weighted by Gasteiger charge is 2.23. The molecule has 2 rings (SSSR count). The van der Waals surface area contributed by atoms with E-state index in [0.717, 1.165) is 12.0 Å². The molecule has 0 fully saturated rings. The maximum Gasteiger partial charge on any atom is 0.217 e. The van der Waals surface area contributed by atoms with Crippen molar-refractivity contribution < 1.29 is 22.7 Å². The molecule has 0 saturated carbocycles. The summed E-state index contributed by atoms with van der Waals surface area (Å²) >= 11 is 0. The lowest BCUT2D eigenvalue weighted by molar-refractivity contribution is -0.118. The zero-order valence-electron chi connectivity index (χ0n) is 14.6. The van der Waals surface area contributed by atoms with Crippen LogP contribution >= 0.6 is 0 Å². The second kappa shape index (κ2) is 9.24. The number of rotatable bonds is 10. The summed E-state index contributed by atoms with van der Waals surface area (Å²) in [6.45, 7) is 0.766. The second-order valence-electron chi connectivity index (χ2n) is 5.90. The molecule has 6 nitrogen and oxygen atoms in total. The van der Waals surface area contributed by atoms with Gasteiger partial charge in [0.25, 0.3) is 0 Å². The lowest BCUT2D eigenvalue weighted by Crippen LogP contribution is -2.17. The van der Waals surface area contributed by atoms with Crippen molar-refractivity contribution in [3.05, 3.63) is 60.2 Å². The van der Waals surface area contributed by atoms with E-state index in [0.29, 0.717) is 24.5 Å². The maximum absolute atomic E-state index is 12.0. The minimum absolute atomic E-state index is 0.0206. The van der Waals surface area contributed by atoms with E-state index >= 15 is 0 Å². The number of primary amides is 1. The topological polar surface area (TPSA) is 95.7 Å². The van der Waals surface area contributed by atoms with Gasteiger partial charge >= 0.3 is 0 Å². The molecule has 0 aromatic heterocycles. The number of carbonyl (C=O) groups is 1. The quantitative estimate of drug-likeness (QED) is 0.642. The summed E-state index contributed by atoms with van der Waals surface area (Å²) in [6, 6.07) is 16.2. The summed E-state index contributed by atoms with van der Waals surface area (Å²) in [5.41, 5.74) is 5.74. The van der Waals surface area contributed by atoms with E-state index in [1.807, 2.05) is 30.3 Å². The number of para-hydroxylation sites is 1. The molecule has 1 unspecified atom stereocenters. The highest BCUT2D eigenvalue weighted by molar-refractivity contribution is 7.90. The molecule has 0 heterocycles. The minimum atomic E-state index is -3.35. The van der Waals surface area contributed by atoms with Crippen molar-refractivity contribution in [2.24, 2.45) is 5.73 Å². The Kier molecular flexibility index (Phi) is 7.03. The molecule has 0 saturated heterocycles. The third-order valence-corrected chi connectivity index (χ3v) is 5.33. The molecule has 0 aliphatic heterocycles. The normalized spacial score (nSPS) is 12.3. The highest BCUT2D eigenvalue weighted by Crippen LogP contribution is 2.28. The van der Waals surface area contributed by atoms with E-state index in [-0.39, 0.29) is 12.8 Å². The fraction of sp³-hybridized carbons (Fsp3) is 0.316. The summed E-state index contributed by atoms with van der Waals surface area (Å²) in [4.78, 5) is 11.0. The molecular formula is C19H23NO5S. The van der Waals surface area contributed by atoms with Crippen LogP contribution in [0.5, 0.6) is 11.5 Å². The van der Waals surface area contributed by atoms with E-state index in [4.69, 9.17) is 15.2 Å². The van der Waals surface area contributed by atoms with E-state index < -0.39 is 21.0 Å². The van der Waals surface area contributed by atoms with Crippen molar-refractivity contribution in [2.75, 3.05) is 19.5 Å². The summed E-state index contributed by atoms with van der Waals surface area (Å²) in [5.74, 6) is 0.876. The van der Waals surface area contributed by atoms with Crippen LogP contribution in [0.15, 0.2) is 54.6 Å². The molecule has 1 atom stereocenters. The first kappa shape index (κ1) is 19.8. The van der Waals surface area contributed by atoms with Crippen molar-refractivity contribution >= 4 is 15.7 Å². The molecule has 7 heteroatoms. The van der Waals surface area contributed by atoms with Crippen molar-refractivity contribution in [1.82, 2.24) is 0 Å². The van der Waals surface area contributed by atoms with E-state index in [2.05, 4.69) is 0 Å². The average molecular weight is 377 g/mol. The average Bonchev–Trinajstić information content (AvgIpc) is 2.59. The van der Waals surface area contributed by atoms with Crippen LogP contribution in [0.3, 0.4) is 0 Å². The maximum atomic E-state index is 12.0. The van der Waals surface area contributed by atoms with Crippen molar-refractivity contribution in [1.29, 1.82) is 0 Å². The number of hydrogen-bond donors (Lipinski definition) is 1. The molecule has 0 bridgehead atoms. The van der Waals surface area contributed by atoms with Gasteiger partial charge in [-0.25, -0.2) is 8.42 Å². The zero-order chi connectivity index (χ0) is 19.0. The summed E-state index contributed by atoms with van der Waals surface area (Å²) in [6.07, 6.45) is 1.34. The number of benzene rings is 2. The van der Waals surface area contributed by atoms with Gasteiger partial charge in [0.15, 0.2) is 9.84 Å². The lowest BCUT2D eigenvalue weighted by atomic mass is 10.1. The van der Waals surface area contributed by atoms with Gasteiger partial charge < -0.3 is 15.2 Å². The fourth-order valence-electron chi connectivity index (χ4n) is 2.52. The molecule has 0 spiro atoms. The predicted molar refractivity (Wildman–Crippen MR) is 99.9 cm³/mol. The summed E-state index contributed by atoms with van der Waals surface area (Å²) < 4.78 is 35.1. The molecule has 0 aliphatic rings. The van der Waals surface area contributed by atoms with Gasteiger partial charge in [0.2, 0.25) is 5.91 Å². The molecule has 0 aliphatic carbocycles. The van der Waals surface area contributed by atoms with Crippen LogP contribution in [0.1, 0.15) is 23.7 Å². The Balaban J connectivity index is 1.90. The number of amides is 1. The Hall–Kier alpha value is -2.54. The van der Waals surface area contributed by atoms with Crippen molar-refractivity contribution in [3.8, 4) is 11.5 Å². The Bertz CT molecular complexity index is 804. The van der Waals surface area contributed by atoms with Crippen LogP contribution in [0, 0.1) is 0 Å². The zero-order valence-corrected chi connectivity index (χ0v) is 15.4. The van der Waals surface area contributed by atoms with Crippen LogP contribution in [0.4, 0.5) is 0 Å². The molecule has 1 amide bonds. The Morgan fingerprint density at radius 2 is 1.50 bits per heavy atom. The molecule has 140 valence electrons. The van der Waals surface area contributed by atoms with Crippen LogP contribution in [0.2, 0.25) is 0 Å². The molecule has 26 heavy (non-hydrogen) atoms. The van der Waals surface area contributed by atoms with E-state index in [9.17, 15) is 13.2 Å². The SMILES string of the molecule is CS(=O)(=O)C(CCC(N)=O)c1ccc(OCCOc2ccccc2)cc1. The monoisotopic (exact) mass is 377 g/mol. The smallest absolute Gasteiger partial charge is 0.217 e. The van der Waals surface area contributed by atoms with Gasteiger partial charge in [-0.05, 0) is 36.2 Å². The van der Waals surface area contributed by atoms with Gasteiger partial charge in [-0.1, -0.05) is 30.3 Å². The Morgan fingerprint density at radius 1 is 0.962 bits per heavy atom. The standard InChI is InChI=1S/C19H23NO5S/c1-26(22,23)18(11-12-19(20)21)15-7-9-17(10-8-15)25-14-13-24-16-5-3-2-4-6-16/h2-10,18H,11-14H2,1H3,(H2,20,21). The molecule has 0 radical (unpaired) electrons. The first-order valence-electron chi connectivity index (χ1n) is 8.24. The van der Waals surface area contributed by atoms with Crippen LogP contribution in [-0.4, -0.2) is 33.8 Å². The number of nitrogens with two attached hydrogens (primary N) is 1. The molecule has 2 aromatic rings. The van der Waals surface area contributed by atoms with Crippen LogP contribution in [-0.2, 0) is 14.6 Å². The lowest BCUT2D eigenvalue weighted by Gasteiger charge is -2.15. The largest absolute Gasteiger partial charge is 0.490 e. The Morgan fingerprint density at radius 3 is 2.00 bits per heavy atom. The van der Waals surface area contributed by atoms with Gasteiger partial charge in [0.1, 0.15) is 24.7 Å². The van der Waals surface area contributed by atoms with E-state index in [1.54, 1.807) is 24.3 Å². The number of ether oxygens (including phenoxy) is 2. The highest BCUT2D eigenvalue weighted by atomic mass is 32.2. The molecule has 2 aromatic carbocycles. The van der Waals surface area contributed by atoms with Gasteiger partial charge in [0, 0.05) is 12.7 Å². The third-order valence-electron chi connectivity index (χ3n) is 3.79. The minimum Gasteiger partial charge on any atom is -0.490 e.